The lowest BCUT2D eigenvalue weighted by Crippen LogP contribution is -2.54. The van der Waals surface area contributed by atoms with Gasteiger partial charge in [0, 0.05) is 18.1 Å². The number of hydrogen-bond acceptors (Lipinski definition) is 4. The quantitative estimate of drug-likeness (QED) is 0.871. The average Bonchev–Trinajstić information content (AvgIpc) is 2.85. The van der Waals surface area contributed by atoms with E-state index in [2.05, 4.69) is 10.6 Å². The number of carbonyl (C=O) groups excluding carboxylic acids is 1. The van der Waals surface area contributed by atoms with Gasteiger partial charge >= 0.3 is 0 Å². The predicted molar refractivity (Wildman–Crippen MR) is 82.1 cm³/mol. The van der Waals surface area contributed by atoms with E-state index in [1.807, 2.05) is 31.2 Å². The lowest BCUT2D eigenvalue weighted by Gasteiger charge is -2.34. The van der Waals surface area contributed by atoms with Gasteiger partial charge in [-0.15, -0.1) is 0 Å². The molecule has 3 aliphatic rings. The Morgan fingerprint density at radius 2 is 1.77 bits per heavy atom. The Labute approximate surface area is 130 Å². The molecule has 1 aromatic rings. The molecule has 1 aromatic carbocycles. The molecule has 1 amide bonds. The Hall–Kier alpha value is -1.75. The molecule has 2 N–H and O–H groups in total. The minimum atomic E-state index is -0.581. The van der Waals surface area contributed by atoms with Crippen molar-refractivity contribution < 1.29 is 14.3 Å². The van der Waals surface area contributed by atoms with Crippen LogP contribution in [0.15, 0.2) is 24.3 Å². The largest absolute Gasteiger partial charge is 0.482 e. The van der Waals surface area contributed by atoms with E-state index in [1.54, 1.807) is 0 Å². The zero-order valence-electron chi connectivity index (χ0n) is 12.7. The Kier molecular flexibility index (Phi) is 3.45. The molecule has 2 saturated heterocycles. The smallest absolute Gasteiger partial charge is 0.265 e. The van der Waals surface area contributed by atoms with Crippen molar-refractivity contribution in [2.45, 2.75) is 62.9 Å². The van der Waals surface area contributed by atoms with Crippen LogP contribution in [-0.2, 0) is 4.79 Å². The van der Waals surface area contributed by atoms with Crippen molar-refractivity contribution in [3.05, 3.63) is 24.3 Å². The van der Waals surface area contributed by atoms with Gasteiger partial charge in [0.15, 0.2) is 11.5 Å². The Morgan fingerprint density at radius 3 is 2.45 bits per heavy atom. The standard InChI is InChI=1S/C17H22N2O3/c1-10-16(22-15-5-3-2-4-14(15)21-10)17(20)19-13-8-11-6-7-12(9-13)18-11/h2-5,10-13,16,18H,6-9H2,1H3,(H,19,20). The van der Waals surface area contributed by atoms with Crippen molar-refractivity contribution >= 4 is 5.91 Å². The minimum Gasteiger partial charge on any atom is -0.482 e. The van der Waals surface area contributed by atoms with Gasteiger partial charge in [-0.2, -0.15) is 0 Å². The second kappa shape index (κ2) is 5.47. The second-order valence-electron chi connectivity index (χ2n) is 6.62. The van der Waals surface area contributed by atoms with Crippen LogP contribution in [-0.4, -0.2) is 36.2 Å². The normalized spacial score (nSPS) is 36.0. The van der Waals surface area contributed by atoms with Gasteiger partial charge in [0.1, 0.15) is 6.10 Å². The molecule has 2 fully saturated rings. The van der Waals surface area contributed by atoms with Gasteiger partial charge in [-0.1, -0.05) is 12.1 Å². The van der Waals surface area contributed by atoms with Crippen LogP contribution in [0, 0.1) is 0 Å². The number of benzene rings is 1. The van der Waals surface area contributed by atoms with E-state index in [0.29, 0.717) is 23.6 Å². The lowest BCUT2D eigenvalue weighted by atomic mass is 9.99. The van der Waals surface area contributed by atoms with Crippen molar-refractivity contribution in [2.75, 3.05) is 0 Å². The van der Waals surface area contributed by atoms with Crippen LogP contribution in [0.5, 0.6) is 11.5 Å². The van der Waals surface area contributed by atoms with Gasteiger partial charge in [0.2, 0.25) is 6.10 Å². The summed E-state index contributed by atoms with van der Waals surface area (Å²) in [4.78, 5) is 12.6. The maximum Gasteiger partial charge on any atom is 0.265 e. The number of ether oxygens (including phenoxy) is 2. The monoisotopic (exact) mass is 302 g/mol. The Morgan fingerprint density at radius 1 is 1.14 bits per heavy atom. The fourth-order valence-electron chi connectivity index (χ4n) is 3.86. The van der Waals surface area contributed by atoms with Gasteiger partial charge < -0.3 is 20.1 Å². The molecule has 5 heteroatoms. The third kappa shape index (κ3) is 2.54. The van der Waals surface area contributed by atoms with Crippen LogP contribution < -0.4 is 20.1 Å². The number of hydrogen-bond donors (Lipinski definition) is 2. The zero-order valence-corrected chi connectivity index (χ0v) is 12.7. The molecule has 0 spiro atoms. The second-order valence-corrected chi connectivity index (χ2v) is 6.62. The van der Waals surface area contributed by atoms with Crippen LogP contribution >= 0.6 is 0 Å². The summed E-state index contributed by atoms with van der Waals surface area (Å²) in [5.41, 5.74) is 0. The summed E-state index contributed by atoms with van der Waals surface area (Å²) < 4.78 is 11.7. The molecule has 4 rings (SSSR count). The third-order valence-electron chi connectivity index (χ3n) is 4.92. The number of amides is 1. The van der Waals surface area contributed by atoms with E-state index in [9.17, 15) is 4.79 Å². The Balaban J connectivity index is 1.42. The molecule has 0 radical (unpaired) electrons. The van der Waals surface area contributed by atoms with E-state index in [1.165, 1.54) is 12.8 Å². The molecule has 118 valence electrons. The molecule has 0 saturated carbocycles. The van der Waals surface area contributed by atoms with Gasteiger partial charge in [-0.3, -0.25) is 4.79 Å². The first-order chi connectivity index (χ1) is 10.7. The van der Waals surface area contributed by atoms with Gasteiger partial charge in [0.25, 0.3) is 5.91 Å². The van der Waals surface area contributed by atoms with Crippen LogP contribution in [0.4, 0.5) is 0 Å². The first-order valence-electron chi connectivity index (χ1n) is 8.18. The molecule has 5 nitrogen and oxygen atoms in total. The number of rotatable bonds is 2. The molecule has 0 aromatic heterocycles. The van der Waals surface area contributed by atoms with Crippen molar-refractivity contribution in [1.82, 2.24) is 10.6 Å². The number of nitrogens with one attached hydrogen (secondary N) is 2. The summed E-state index contributed by atoms with van der Waals surface area (Å²) in [7, 11) is 0. The van der Waals surface area contributed by atoms with Crippen molar-refractivity contribution in [3.8, 4) is 11.5 Å². The first-order valence-corrected chi connectivity index (χ1v) is 8.18. The van der Waals surface area contributed by atoms with E-state index < -0.39 is 6.10 Å². The summed E-state index contributed by atoms with van der Waals surface area (Å²) in [6, 6.07) is 8.87. The average molecular weight is 302 g/mol. The molecule has 3 aliphatic heterocycles. The highest BCUT2D eigenvalue weighted by atomic mass is 16.6. The van der Waals surface area contributed by atoms with Crippen molar-refractivity contribution in [3.63, 3.8) is 0 Å². The molecule has 4 atom stereocenters. The summed E-state index contributed by atoms with van der Waals surface area (Å²) in [6.07, 6.45) is 3.62. The Bertz CT molecular complexity index is 565. The first kappa shape index (κ1) is 13.9. The SMILES string of the molecule is CC1Oc2ccccc2OC1C(=O)NC1CC2CCC(C1)N2. The van der Waals surface area contributed by atoms with Crippen molar-refractivity contribution in [2.24, 2.45) is 0 Å². The molecule has 2 bridgehead atoms. The fourth-order valence-corrected chi connectivity index (χ4v) is 3.86. The summed E-state index contributed by atoms with van der Waals surface area (Å²) in [5.74, 6) is 1.29. The highest BCUT2D eigenvalue weighted by Crippen LogP contribution is 2.34. The highest BCUT2D eigenvalue weighted by molar-refractivity contribution is 5.82. The molecule has 22 heavy (non-hydrogen) atoms. The highest BCUT2D eigenvalue weighted by Gasteiger charge is 2.38. The van der Waals surface area contributed by atoms with Gasteiger partial charge in [-0.05, 0) is 44.7 Å². The summed E-state index contributed by atoms with van der Waals surface area (Å²) in [6.45, 7) is 1.88. The van der Waals surface area contributed by atoms with E-state index >= 15 is 0 Å². The van der Waals surface area contributed by atoms with E-state index in [0.717, 1.165) is 12.8 Å². The molecule has 0 aliphatic carbocycles. The lowest BCUT2D eigenvalue weighted by molar-refractivity contribution is -0.134. The maximum absolute atomic E-state index is 12.6. The summed E-state index contributed by atoms with van der Waals surface area (Å²) >= 11 is 0. The van der Waals surface area contributed by atoms with Crippen LogP contribution in [0.25, 0.3) is 0 Å². The number of piperidine rings is 1. The third-order valence-corrected chi connectivity index (χ3v) is 4.92. The number of carbonyl (C=O) groups is 1. The van der Waals surface area contributed by atoms with Crippen LogP contribution in [0.2, 0.25) is 0 Å². The molecular formula is C17H22N2O3. The molecule has 4 unspecified atom stereocenters. The minimum absolute atomic E-state index is 0.0618. The van der Waals surface area contributed by atoms with Crippen LogP contribution in [0.1, 0.15) is 32.6 Å². The van der Waals surface area contributed by atoms with Crippen molar-refractivity contribution in [1.29, 1.82) is 0 Å². The maximum atomic E-state index is 12.6. The van der Waals surface area contributed by atoms with Gasteiger partial charge in [0.05, 0.1) is 0 Å². The molecular weight excluding hydrogens is 280 g/mol. The number of para-hydroxylation sites is 2. The summed E-state index contributed by atoms with van der Waals surface area (Å²) in [5, 5.41) is 6.75. The van der Waals surface area contributed by atoms with E-state index in [-0.39, 0.29) is 18.1 Å². The number of fused-ring (bicyclic) bond motifs is 3. The zero-order chi connectivity index (χ0) is 15.1. The molecule has 3 heterocycles. The predicted octanol–water partition coefficient (Wildman–Crippen LogP) is 1.61. The fraction of sp³-hybridized carbons (Fsp3) is 0.588. The van der Waals surface area contributed by atoms with E-state index in [4.69, 9.17) is 9.47 Å². The topological polar surface area (TPSA) is 59.6 Å². The van der Waals surface area contributed by atoms with Crippen LogP contribution in [0.3, 0.4) is 0 Å². The van der Waals surface area contributed by atoms with Gasteiger partial charge in [-0.25, -0.2) is 0 Å².